The van der Waals surface area contributed by atoms with Crippen molar-refractivity contribution < 1.29 is 28.7 Å². The van der Waals surface area contributed by atoms with E-state index in [-0.39, 0.29) is 31.3 Å². The number of primary amides is 1. The summed E-state index contributed by atoms with van der Waals surface area (Å²) in [6.45, 7) is 3.81. The molecule has 6 N–H and O–H groups in total. The topological polar surface area (TPSA) is 169 Å². The summed E-state index contributed by atoms with van der Waals surface area (Å²) in [6, 6.07) is 19.5. The number of hydrogen-bond donors (Lipinski definition) is 5. The van der Waals surface area contributed by atoms with Gasteiger partial charge < -0.3 is 31.7 Å². The first-order valence-corrected chi connectivity index (χ1v) is 16.1. The summed E-state index contributed by atoms with van der Waals surface area (Å²) in [5, 5.41) is 13.1. The lowest BCUT2D eigenvalue weighted by Crippen LogP contribution is -2.57. The molecule has 11 heteroatoms. The number of alkyl carbamates (subject to hydrolysis) is 1. The Kier molecular flexibility index (Phi) is 10.4. The Morgan fingerprint density at radius 3 is 2.19 bits per heavy atom. The monoisotopic (exact) mass is 641 g/mol. The molecule has 47 heavy (non-hydrogen) atoms. The number of carbonyl (C=O) groups is 5. The molecule has 0 unspecified atom stereocenters. The van der Waals surface area contributed by atoms with E-state index in [0.717, 1.165) is 34.7 Å². The molecule has 0 spiro atoms. The van der Waals surface area contributed by atoms with Gasteiger partial charge in [-0.3, -0.25) is 19.2 Å². The zero-order valence-electron chi connectivity index (χ0n) is 26.8. The Hall–Kier alpha value is -4.93. The number of nitrogens with two attached hydrogens (primary N) is 1. The fourth-order valence-electron chi connectivity index (χ4n) is 6.19. The summed E-state index contributed by atoms with van der Waals surface area (Å²) in [7, 11) is 0. The summed E-state index contributed by atoms with van der Waals surface area (Å²) >= 11 is 0. The lowest BCUT2D eigenvalue weighted by atomic mass is 9.91. The third-order valence-electron chi connectivity index (χ3n) is 8.79. The van der Waals surface area contributed by atoms with Crippen LogP contribution in [0.15, 0.2) is 72.8 Å². The number of nitrogens with one attached hydrogen (secondary N) is 4. The Morgan fingerprint density at radius 1 is 0.851 bits per heavy atom. The van der Waals surface area contributed by atoms with Crippen molar-refractivity contribution in [2.45, 2.75) is 82.6 Å². The highest BCUT2D eigenvalue weighted by molar-refractivity contribution is 5.94. The van der Waals surface area contributed by atoms with Gasteiger partial charge in [0.05, 0.1) is 0 Å². The van der Waals surface area contributed by atoms with Gasteiger partial charge in [0.1, 0.15) is 24.7 Å². The van der Waals surface area contributed by atoms with Gasteiger partial charge in [0.25, 0.3) is 0 Å². The van der Waals surface area contributed by atoms with E-state index in [9.17, 15) is 24.0 Å². The molecule has 0 aromatic heterocycles. The van der Waals surface area contributed by atoms with Crippen LogP contribution in [-0.2, 0) is 36.9 Å². The first kappa shape index (κ1) is 33.4. The van der Waals surface area contributed by atoms with Crippen molar-refractivity contribution >= 4 is 40.5 Å². The molecule has 3 aromatic rings. The van der Waals surface area contributed by atoms with Gasteiger partial charge in [-0.2, -0.15) is 0 Å². The smallest absolute Gasteiger partial charge is 0.408 e. The summed E-state index contributed by atoms with van der Waals surface area (Å²) in [4.78, 5) is 65.4. The normalized spacial score (nSPS) is 18.8. The van der Waals surface area contributed by atoms with Crippen molar-refractivity contribution in [1.29, 1.82) is 0 Å². The molecule has 3 aromatic carbocycles. The Labute approximate surface area is 274 Å². The van der Waals surface area contributed by atoms with E-state index in [4.69, 9.17) is 10.5 Å². The van der Waals surface area contributed by atoms with Crippen LogP contribution in [0.5, 0.6) is 0 Å². The van der Waals surface area contributed by atoms with Crippen LogP contribution in [0.25, 0.3) is 10.8 Å². The molecule has 1 aliphatic heterocycles. The van der Waals surface area contributed by atoms with Crippen LogP contribution in [0.2, 0.25) is 0 Å². The lowest BCUT2D eigenvalue weighted by molar-refractivity contribution is -0.132. The fraction of sp³-hybridized carbons (Fsp3) is 0.417. The second-order valence-electron chi connectivity index (χ2n) is 13.3. The maximum atomic E-state index is 13.9. The first-order chi connectivity index (χ1) is 22.5. The van der Waals surface area contributed by atoms with Gasteiger partial charge in [-0.05, 0) is 60.9 Å². The van der Waals surface area contributed by atoms with E-state index < -0.39 is 53.4 Å². The predicted octanol–water partition coefficient (Wildman–Crippen LogP) is 3.24. The molecule has 1 heterocycles. The average Bonchev–Trinajstić information content (AvgIpc) is 3.82. The highest BCUT2D eigenvalue weighted by atomic mass is 16.5. The molecule has 0 radical (unpaired) electrons. The standard InChI is InChI=1S/C36H43N5O6/c1-36(2)20-26(32(43)41-36)19-28(31(37)42)38-33(44)29(17-22-15-16-22)39-34(45)30(40-35(46)47-21-23-9-4-3-5-10-23)18-25-13-8-12-24-11-6-7-14-27(24)25/h3-14,22,26,28-30H,15-21H2,1-2H3,(H2,37,42)(H,38,44)(H,39,45)(H,40,46)(H,41,43)/t26-,28+,29+,30+/m1/s1. The number of amides is 5. The third-order valence-corrected chi connectivity index (χ3v) is 8.79. The third kappa shape index (κ3) is 9.31. The van der Waals surface area contributed by atoms with Crippen LogP contribution in [0.3, 0.4) is 0 Å². The highest BCUT2D eigenvalue weighted by Crippen LogP contribution is 2.34. The number of benzene rings is 3. The molecule has 2 fully saturated rings. The van der Waals surface area contributed by atoms with Gasteiger partial charge in [-0.15, -0.1) is 0 Å². The Balaban J connectivity index is 1.31. The van der Waals surface area contributed by atoms with Gasteiger partial charge in [0.15, 0.2) is 0 Å². The lowest BCUT2D eigenvalue weighted by Gasteiger charge is -2.25. The molecule has 11 nitrogen and oxygen atoms in total. The van der Waals surface area contributed by atoms with Gasteiger partial charge in [0, 0.05) is 17.9 Å². The first-order valence-electron chi connectivity index (χ1n) is 16.1. The van der Waals surface area contributed by atoms with Gasteiger partial charge in [0.2, 0.25) is 23.6 Å². The molecule has 4 atom stereocenters. The van der Waals surface area contributed by atoms with Crippen molar-refractivity contribution in [1.82, 2.24) is 21.3 Å². The Morgan fingerprint density at radius 2 is 1.51 bits per heavy atom. The minimum atomic E-state index is -1.09. The summed E-state index contributed by atoms with van der Waals surface area (Å²) < 4.78 is 5.43. The fourth-order valence-corrected chi connectivity index (χ4v) is 6.19. The van der Waals surface area contributed by atoms with Gasteiger partial charge >= 0.3 is 6.09 Å². The van der Waals surface area contributed by atoms with Crippen LogP contribution in [-0.4, -0.2) is 53.4 Å². The molecule has 1 saturated heterocycles. The molecular weight excluding hydrogens is 598 g/mol. The number of ether oxygens (including phenoxy) is 1. The number of hydrogen-bond acceptors (Lipinski definition) is 6. The minimum absolute atomic E-state index is 0.0205. The van der Waals surface area contributed by atoms with Crippen LogP contribution in [0.1, 0.15) is 57.1 Å². The van der Waals surface area contributed by atoms with E-state index in [2.05, 4.69) is 21.3 Å². The van der Waals surface area contributed by atoms with E-state index in [1.54, 1.807) is 0 Å². The van der Waals surface area contributed by atoms with Crippen LogP contribution < -0.4 is 27.0 Å². The van der Waals surface area contributed by atoms with Crippen LogP contribution >= 0.6 is 0 Å². The molecule has 1 saturated carbocycles. The van der Waals surface area contributed by atoms with Crippen LogP contribution in [0, 0.1) is 11.8 Å². The molecule has 2 aliphatic rings. The Bertz CT molecular complexity index is 1620. The van der Waals surface area contributed by atoms with Gasteiger partial charge in [-0.25, -0.2) is 4.79 Å². The molecular formula is C36H43N5O6. The zero-order chi connectivity index (χ0) is 33.6. The largest absolute Gasteiger partial charge is 0.445 e. The molecule has 5 amide bonds. The summed E-state index contributed by atoms with van der Waals surface area (Å²) in [5.74, 6) is -2.34. The van der Waals surface area contributed by atoms with Crippen molar-refractivity contribution in [2.24, 2.45) is 17.6 Å². The molecule has 1 aliphatic carbocycles. The quantitative estimate of drug-likeness (QED) is 0.181. The maximum absolute atomic E-state index is 13.9. The maximum Gasteiger partial charge on any atom is 0.408 e. The van der Waals surface area contributed by atoms with Crippen molar-refractivity contribution in [2.75, 3.05) is 0 Å². The summed E-state index contributed by atoms with van der Waals surface area (Å²) in [5.41, 5.74) is 6.86. The van der Waals surface area contributed by atoms with Crippen molar-refractivity contribution in [3.05, 3.63) is 83.9 Å². The zero-order valence-corrected chi connectivity index (χ0v) is 26.8. The SMILES string of the molecule is CC1(C)C[C@@H](C[C@H](NC(=O)[C@H](CC2CC2)NC(=O)[C@H](Cc2cccc3ccccc23)NC(=O)OCc2ccccc2)C(N)=O)C(=O)N1. The molecule has 5 rings (SSSR count). The van der Waals surface area contributed by atoms with E-state index in [0.29, 0.717) is 12.8 Å². The summed E-state index contributed by atoms with van der Waals surface area (Å²) in [6.07, 6.45) is 2.11. The predicted molar refractivity (Wildman–Crippen MR) is 177 cm³/mol. The number of carbonyl (C=O) groups excluding carboxylic acids is 5. The van der Waals surface area contributed by atoms with E-state index in [1.807, 2.05) is 86.6 Å². The van der Waals surface area contributed by atoms with Crippen molar-refractivity contribution in [3.8, 4) is 0 Å². The minimum Gasteiger partial charge on any atom is -0.445 e. The number of rotatable bonds is 14. The van der Waals surface area contributed by atoms with Crippen LogP contribution in [0.4, 0.5) is 4.79 Å². The molecule has 0 bridgehead atoms. The van der Waals surface area contributed by atoms with E-state index >= 15 is 0 Å². The van der Waals surface area contributed by atoms with Crippen molar-refractivity contribution in [3.63, 3.8) is 0 Å². The molecule has 248 valence electrons. The second kappa shape index (κ2) is 14.7. The number of fused-ring (bicyclic) bond motifs is 1. The van der Waals surface area contributed by atoms with Gasteiger partial charge in [-0.1, -0.05) is 85.6 Å². The second-order valence-corrected chi connectivity index (χ2v) is 13.3. The van der Waals surface area contributed by atoms with E-state index in [1.165, 1.54) is 0 Å². The highest BCUT2D eigenvalue weighted by Gasteiger charge is 2.40. The average molecular weight is 642 g/mol.